The minimum Gasteiger partial charge on any atom is -0.364 e. The van der Waals surface area contributed by atoms with Crippen molar-refractivity contribution in [2.24, 2.45) is 11.8 Å². The maximum atomic E-state index is 13.9. The first-order valence-electron chi connectivity index (χ1n) is 10.9. The van der Waals surface area contributed by atoms with E-state index in [1.54, 1.807) is 17.1 Å². The molecule has 2 aliphatic heterocycles. The van der Waals surface area contributed by atoms with Crippen LogP contribution in [0.1, 0.15) is 23.2 Å². The van der Waals surface area contributed by atoms with Gasteiger partial charge in [0.2, 0.25) is 5.95 Å². The molecule has 0 bridgehead atoms. The van der Waals surface area contributed by atoms with Crippen molar-refractivity contribution in [1.82, 2.24) is 24.7 Å². The molecule has 2 aromatic heterocycles. The first-order valence-corrected chi connectivity index (χ1v) is 11.2. The lowest BCUT2D eigenvalue weighted by atomic mass is 9.69. The summed E-state index contributed by atoms with van der Waals surface area (Å²) < 4.78 is 21.6. The maximum absolute atomic E-state index is 13.9. The minimum atomic E-state index is -0.549. The van der Waals surface area contributed by atoms with E-state index in [2.05, 4.69) is 30.3 Å². The molecule has 4 heterocycles. The third-order valence-electron chi connectivity index (χ3n) is 6.64. The molecule has 2 N–H and O–H groups in total. The molecule has 11 heteroatoms. The second-order valence-corrected chi connectivity index (χ2v) is 9.18. The Labute approximate surface area is 194 Å². The van der Waals surface area contributed by atoms with E-state index in [9.17, 15) is 4.39 Å². The Bertz CT molecular complexity index is 1230. The van der Waals surface area contributed by atoms with Gasteiger partial charge >= 0.3 is 0 Å². The third-order valence-corrected chi connectivity index (χ3v) is 6.85. The highest BCUT2D eigenvalue weighted by molar-refractivity contribution is 6.30. The van der Waals surface area contributed by atoms with E-state index >= 15 is 0 Å². The van der Waals surface area contributed by atoms with Crippen LogP contribution in [-0.4, -0.2) is 56.2 Å². The Kier molecular flexibility index (Phi) is 4.81. The number of hydrogen-bond acceptors (Lipinski definition) is 8. The highest BCUT2D eigenvalue weighted by Gasteiger charge is 2.52. The van der Waals surface area contributed by atoms with E-state index in [0.29, 0.717) is 41.2 Å². The highest BCUT2D eigenvalue weighted by Crippen LogP contribution is 2.41. The van der Waals surface area contributed by atoms with Crippen LogP contribution in [0.4, 0.5) is 16.2 Å². The number of aromatic nitrogens is 5. The van der Waals surface area contributed by atoms with Gasteiger partial charge in [-0.1, -0.05) is 11.6 Å². The van der Waals surface area contributed by atoms with Crippen LogP contribution in [0.5, 0.6) is 0 Å². The molecule has 3 aliphatic rings. The smallest absolute Gasteiger partial charge is 0.242 e. The van der Waals surface area contributed by atoms with Crippen LogP contribution in [0.15, 0.2) is 30.6 Å². The summed E-state index contributed by atoms with van der Waals surface area (Å²) in [6.45, 7) is 4.53. The first-order chi connectivity index (χ1) is 16.0. The molecule has 1 saturated carbocycles. The predicted octanol–water partition coefficient (Wildman–Crippen LogP) is 2.86. The molecule has 1 aromatic carbocycles. The first kappa shape index (κ1) is 20.5. The Balaban J connectivity index is 1.21. The molecule has 33 heavy (non-hydrogen) atoms. The van der Waals surface area contributed by atoms with Crippen LogP contribution >= 0.6 is 11.6 Å². The van der Waals surface area contributed by atoms with Gasteiger partial charge in [0.15, 0.2) is 5.82 Å². The van der Waals surface area contributed by atoms with Gasteiger partial charge in [-0.3, -0.25) is 0 Å². The Morgan fingerprint density at radius 2 is 2.09 bits per heavy atom. The fraction of sp³-hybridized carbons (Fsp3) is 0.409. The summed E-state index contributed by atoms with van der Waals surface area (Å²) >= 11 is 6.04. The predicted molar refractivity (Wildman–Crippen MR) is 120 cm³/mol. The van der Waals surface area contributed by atoms with E-state index in [-0.39, 0.29) is 17.9 Å². The van der Waals surface area contributed by atoms with Crippen molar-refractivity contribution in [3.8, 4) is 0 Å². The lowest BCUT2D eigenvalue weighted by Gasteiger charge is -2.40. The number of halogens is 2. The standard InChI is InChI=1S/C22H22ClFN8O/c1-11-4-17(27-10-26-11)31-8-15-16(9-31)19(18(15)25)28-22-29-21-20(33-3-2-32(21)30-22)12-5-13(23)7-14(24)6-12/h4-7,10,15-16,19-20,25H,2-3,8-9H2,1H3,(H,28,30)/t15?,16?,19-,20-/m0/s1. The maximum Gasteiger partial charge on any atom is 0.242 e. The summed E-state index contributed by atoms with van der Waals surface area (Å²) in [5.74, 6) is 2.00. The van der Waals surface area contributed by atoms with Gasteiger partial charge < -0.3 is 20.4 Å². The molecule has 3 aromatic rings. The topological polar surface area (TPSA) is 105 Å². The summed E-state index contributed by atoms with van der Waals surface area (Å²) in [6.07, 6.45) is 1.03. The van der Waals surface area contributed by atoms with E-state index in [1.165, 1.54) is 12.1 Å². The fourth-order valence-corrected chi connectivity index (χ4v) is 5.27. The molecule has 2 fully saturated rings. The highest BCUT2D eigenvalue weighted by atomic mass is 35.5. The lowest BCUT2D eigenvalue weighted by Crippen LogP contribution is -2.55. The van der Waals surface area contributed by atoms with Gasteiger partial charge in [0.05, 0.1) is 19.2 Å². The Hall–Kier alpha value is -3.11. The van der Waals surface area contributed by atoms with Crippen LogP contribution in [0.25, 0.3) is 0 Å². The van der Waals surface area contributed by atoms with Crippen molar-refractivity contribution in [3.63, 3.8) is 0 Å². The van der Waals surface area contributed by atoms with Gasteiger partial charge in [-0.05, 0) is 30.7 Å². The summed E-state index contributed by atoms with van der Waals surface area (Å²) in [6, 6.07) is 6.19. The zero-order valence-corrected chi connectivity index (χ0v) is 18.6. The normalized spacial score (nSPS) is 26.0. The quantitative estimate of drug-likeness (QED) is 0.606. The second-order valence-electron chi connectivity index (χ2n) is 8.74. The molecule has 1 saturated heterocycles. The summed E-state index contributed by atoms with van der Waals surface area (Å²) in [7, 11) is 0. The van der Waals surface area contributed by atoms with E-state index in [1.807, 2.05) is 13.0 Å². The zero-order valence-electron chi connectivity index (χ0n) is 17.9. The SMILES string of the molecule is Cc1cc(N2CC3C(=N)[C@@H](Nc4nc5n(n4)CCO[C@H]5c4cc(F)cc(Cl)c4)C3C2)ncn1. The second kappa shape index (κ2) is 7.74. The number of benzene rings is 1. The number of nitrogens with zero attached hydrogens (tertiary/aromatic N) is 6. The molecule has 0 spiro atoms. The monoisotopic (exact) mass is 468 g/mol. The molecular formula is C22H22ClFN8O. The largest absolute Gasteiger partial charge is 0.364 e. The Morgan fingerprint density at radius 1 is 1.21 bits per heavy atom. The number of anilines is 2. The number of hydrogen-bond donors (Lipinski definition) is 2. The van der Waals surface area contributed by atoms with Gasteiger partial charge in [-0.2, -0.15) is 4.98 Å². The average Bonchev–Trinajstić information content (AvgIpc) is 3.38. The van der Waals surface area contributed by atoms with Crippen molar-refractivity contribution in [1.29, 1.82) is 5.41 Å². The van der Waals surface area contributed by atoms with Crippen LogP contribution in [-0.2, 0) is 11.3 Å². The van der Waals surface area contributed by atoms with Gasteiger partial charge in [-0.15, -0.1) is 5.10 Å². The van der Waals surface area contributed by atoms with E-state index in [0.717, 1.165) is 24.6 Å². The third kappa shape index (κ3) is 3.53. The Morgan fingerprint density at radius 3 is 2.91 bits per heavy atom. The van der Waals surface area contributed by atoms with Crippen LogP contribution in [0.3, 0.4) is 0 Å². The summed E-state index contributed by atoms with van der Waals surface area (Å²) in [5, 5.41) is 16.8. The van der Waals surface area contributed by atoms with Gasteiger partial charge in [-0.25, -0.2) is 19.0 Å². The van der Waals surface area contributed by atoms with Gasteiger partial charge in [0, 0.05) is 47.4 Å². The molecule has 9 nitrogen and oxygen atoms in total. The van der Waals surface area contributed by atoms with Gasteiger partial charge in [0.25, 0.3) is 0 Å². The molecule has 4 atom stereocenters. The number of rotatable bonds is 4. The van der Waals surface area contributed by atoms with Crippen molar-refractivity contribution in [2.75, 3.05) is 29.9 Å². The van der Waals surface area contributed by atoms with Crippen molar-refractivity contribution < 1.29 is 9.13 Å². The summed E-state index contributed by atoms with van der Waals surface area (Å²) in [5.41, 5.74) is 2.18. The molecule has 2 unspecified atom stereocenters. The van der Waals surface area contributed by atoms with Crippen molar-refractivity contribution >= 4 is 29.1 Å². The summed E-state index contributed by atoms with van der Waals surface area (Å²) in [4.78, 5) is 15.4. The molecule has 0 amide bonds. The number of ether oxygens (including phenoxy) is 1. The number of aryl methyl sites for hydroxylation is 1. The van der Waals surface area contributed by atoms with Gasteiger partial charge in [0.1, 0.15) is 24.1 Å². The van der Waals surface area contributed by atoms with Crippen LogP contribution in [0.2, 0.25) is 5.02 Å². The fourth-order valence-electron chi connectivity index (χ4n) is 5.04. The molecule has 6 rings (SSSR count). The van der Waals surface area contributed by atoms with Crippen molar-refractivity contribution in [2.45, 2.75) is 25.6 Å². The number of fused-ring (bicyclic) bond motifs is 2. The molecule has 0 radical (unpaired) electrons. The van der Waals surface area contributed by atoms with Crippen molar-refractivity contribution in [3.05, 3.63) is 58.5 Å². The molecule has 170 valence electrons. The number of nitrogens with one attached hydrogen (secondary N) is 2. The van der Waals surface area contributed by atoms with Crippen LogP contribution < -0.4 is 10.2 Å². The molecular weight excluding hydrogens is 447 g/mol. The van der Waals surface area contributed by atoms with E-state index < -0.39 is 11.9 Å². The average molecular weight is 469 g/mol. The van der Waals surface area contributed by atoms with Crippen LogP contribution in [0, 0.1) is 30.0 Å². The molecule has 1 aliphatic carbocycles. The lowest BCUT2D eigenvalue weighted by molar-refractivity contribution is 0.0388. The zero-order chi connectivity index (χ0) is 22.7. The minimum absolute atomic E-state index is 0.129. The van der Waals surface area contributed by atoms with E-state index in [4.69, 9.17) is 21.7 Å².